The lowest BCUT2D eigenvalue weighted by Gasteiger charge is -2.18. The number of allylic oxidation sites excluding steroid dienone is 8. The molecule has 0 heterocycles. The van der Waals surface area contributed by atoms with Crippen LogP contribution in [0.4, 0.5) is 0 Å². The molecular formula is C59H106O6. The standard InChI is InChI=1S/C59H106O6/c1-4-7-10-13-16-19-22-24-26-27-28-29-30-31-33-35-38-41-44-47-50-53-59(62)65-56(54-63-57(60)51-48-45-42-39-36-21-18-15-12-9-6-3)55-64-58(61)52-49-46-43-40-37-34-32-25-23-20-17-14-11-8-5-2/h15,17-18,20,24-26,32,56H,4-14,16,19,21-23,27-31,33-55H2,1-3H3/b18-15-,20-17-,26-24-,32-25-/t56-/m0/s1. The van der Waals surface area contributed by atoms with Crippen LogP contribution in [0.25, 0.3) is 0 Å². The van der Waals surface area contributed by atoms with Gasteiger partial charge in [0.05, 0.1) is 0 Å². The van der Waals surface area contributed by atoms with Gasteiger partial charge in [0.1, 0.15) is 13.2 Å². The van der Waals surface area contributed by atoms with Crippen molar-refractivity contribution in [1.82, 2.24) is 0 Å². The van der Waals surface area contributed by atoms with Crippen molar-refractivity contribution < 1.29 is 28.6 Å². The molecule has 6 nitrogen and oxygen atoms in total. The number of esters is 3. The first kappa shape index (κ1) is 62.4. The van der Waals surface area contributed by atoms with Gasteiger partial charge in [-0.15, -0.1) is 0 Å². The number of hydrogen-bond donors (Lipinski definition) is 0. The Bertz CT molecular complexity index is 1140. The summed E-state index contributed by atoms with van der Waals surface area (Å²) in [6.07, 6.45) is 65.3. The van der Waals surface area contributed by atoms with Crippen molar-refractivity contribution >= 4 is 17.9 Å². The van der Waals surface area contributed by atoms with Crippen LogP contribution in [0.15, 0.2) is 48.6 Å². The molecule has 378 valence electrons. The van der Waals surface area contributed by atoms with Gasteiger partial charge in [-0.1, -0.05) is 223 Å². The van der Waals surface area contributed by atoms with E-state index >= 15 is 0 Å². The van der Waals surface area contributed by atoms with E-state index in [1.54, 1.807) is 0 Å². The van der Waals surface area contributed by atoms with Crippen LogP contribution in [0.1, 0.15) is 290 Å². The minimum Gasteiger partial charge on any atom is -0.462 e. The summed E-state index contributed by atoms with van der Waals surface area (Å²) in [5.74, 6) is -0.895. The summed E-state index contributed by atoms with van der Waals surface area (Å²) < 4.78 is 16.8. The molecule has 0 aliphatic carbocycles. The van der Waals surface area contributed by atoms with Gasteiger partial charge in [-0.05, 0) is 96.3 Å². The zero-order chi connectivity index (χ0) is 47.2. The number of carbonyl (C=O) groups excluding carboxylic acids is 3. The molecule has 65 heavy (non-hydrogen) atoms. The number of unbranched alkanes of at least 4 members (excludes halogenated alkanes) is 32. The van der Waals surface area contributed by atoms with Crippen LogP contribution in [0.3, 0.4) is 0 Å². The third kappa shape index (κ3) is 52.2. The third-order valence-electron chi connectivity index (χ3n) is 12.3. The van der Waals surface area contributed by atoms with Gasteiger partial charge in [0.25, 0.3) is 0 Å². The molecule has 0 saturated heterocycles. The molecule has 0 amide bonds. The molecule has 0 fully saturated rings. The van der Waals surface area contributed by atoms with Gasteiger partial charge in [0, 0.05) is 19.3 Å². The molecule has 0 aromatic carbocycles. The molecule has 1 atom stereocenters. The number of rotatable bonds is 51. The summed E-state index contributed by atoms with van der Waals surface area (Å²) in [4.78, 5) is 38.0. The molecule has 0 N–H and O–H groups in total. The Labute approximate surface area is 403 Å². The zero-order valence-corrected chi connectivity index (χ0v) is 43.3. The minimum absolute atomic E-state index is 0.0811. The van der Waals surface area contributed by atoms with E-state index in [-0.39, 0.29) is 31.1 Å². The largest absolute Gasteiger partial charge is 0.462 e. The first-order valence-corrected chi connectivity index (χ1v) is 28.1. The van der Waals surface area contributed by atoms with Crippen LogP contribution in [0.2, 0.25) is 0 Å². The summed E-state index contributed by atoms with van der Waals surface area (Å²) in [5, 5.41) is 0. The van der Waals surface area contributed by atoms with Crippen LogP contribution in [0.5, 0.6) is 0 Å². The van der Waals surface area contributed by atoms with Gasteiger partial charge in [0.2, 0.25) is 0 Å². The van der Waals surface area contributed by atoms with E-state index in [9.17, 15) is 14.4 Å². The van der Waals surface area contributed by atoms with Crippen LogP contribution >= 0.6 is 0 Å². The van der Waals surface area contributed by atoms with Crippen molar-refractivity contribution in [2.75, 3.05) is 13.2 Å². The van der Waals surface area contributed by atoms with Crippen molar-refractivity contribution in [2.45, 2.75) is 297 Å². The highest BCUT2D eigenvalue weighted by Crippen LogP contribution is 2.15. The minimum atomic E-state index is -0.781. The Kier molecular flexibility index (Phi) is 51.8. The van der Waals surface area contributed by atoms with Gasteiger partial charge in [-0.2, -0.15) is 0 Å². The molecule has 0 radical (unpaired) electrons. The lowest BCUT2D eigenvalue weighted by atomic mass is 10.0. The van der Waals surface area contributed by atoms with E-state index < -0.39 is 6.10 Å². The lowest BCUT2D eigenvalue weighted by Crippen LogP contribution is -2.30. The van der Waals surface area contributed by atoms with Gasteiger partial charge in [-0.25, -0.2) is 0 Å². The van der Waals surface area contributed by atoms with Crippen molar-refractivity contribution in [1.29, 1.82) is 0 Å². The third-order valence-corrected chi connectivity index (χ3v) is 12.3. The first-order valence-electron chi connectivity index (χ1n) is 28.1. The second kappa shape index (κ2) is 54.0. The Morgan fingerprint density at radius 2 is 0.569 bits per heavy atom. The monoisotopic (exact) mass is 911 g/mol. The molecule has 0 rings (SSSR count). The van der Waals surface area contributed by atoms with E-state index in [0.717, 1.165) is 83.5 Å². The molecule has 0 unspecified atom stereocenters. The fraction of sp³-hybridized carbons (Fsp3) is 0.814. The van der Waals surface area contributed by atoms with Crippen molar-refractivity contribution in [3.63, 3.8) is 0 Å². The van der Waals surface area contributed by atoms with Crippen LogP contribution in [-0.2, 0) is 28.6 Å². The lowest BCUT2D eigenvalue weighted by molar-refractivity contribution is -0.167. The summed E-state index contributed by atoms with van der Waals surface area (Å²) in [6.45, 7) is 6.57. The maximum atomic E-state index is 12.8. The highest BCUT2D eigenvalue weighted by atomic mass is 16.6. The highest BCUT2D eigenvalue weighted by Gasteiger charge is 2.19. The van der Waals surface area contributed by atoms with Crippen molar-refractivity contribution in [2.24, 2.45) is 0 Å². The molecule has 0 saturated carbocycles. The van der Waals surface area contributed by atoms with E-state index in [2.05, 4.69) is 69.4 Å². The molecule has 6 heteroatoms. The topological polar surface area (TPSA) is 78.9 Å². The Balaban J connectivity index is 4.32. The molecule has 0 aliphatic heterocycles. The average Bonchev–Trinajstić information content (AvgIpc) is 3.30. The van der Waals surface area contributed by atoms with Crippen LogP contribution < -0.4 is 0 Å². The fourth-order valence-corrected chi connectivity index (χ4v) is 7.98. The van der Waals surface area contributed by atoms with Gasteiger partial charge < -0.3 is 14.2 Å². The van der Waals surface area contributed by atoms with E-state index in [0.29, 0.717) is 19.3 Å². The van der Waals surface area contributed by atoms with Crippen molar-refractivity contribution in [3.8, 4) is 0 Å². The second-order valence-corrected chi connectivity index (χ2v) is 18.8. The maximum absolute atomic E-state index is 12.8. The SMILES string of the molecule is CCCC/C=C\CCCCCCCC(=O)OC[C@@H](COC(=O)CCCCCCC/C=C\C/C=C\CCCCC)OC(=O)CCCCCCCCCCCCC/C=C\CCCCCCCC. The van der Waals surface area contributed by atoms with Crippen LogP contribution in [0, 0.1) is 0 Å². The maximum Gasteiger partial charge on any atom is 0.306 e. The quantitative estimate of drug-likeness (QED) is 0.0262. The number of carbonyl (C=O) groups is 3. The predicted octanol–water partition coefficient (Wildman–Crippen LogP) is 18.7. The normalized spacial score (nSPS) is 12.4. The Hall–Kier alpha value is -2.63. The molecule has 0 aliphatic rings. The van der Waals surface area contributed by atoms with E-state index in [1.807, 2.05) is 0 Å². The fourth-order valence-electron chi connectivity index (χ4n) is 7.98. The average molecular weight is 911 g/mol. The molecule has 0 aromatic heterocycles. The summed E-state index contributed by atoms with van der Waals surface area (Å²) in [5.41, 5.74) is 0. The number of ether oxygens (including phenoxy) is 3. The number of hydrogen-bond acceptors (Lipinski definition) is 6. The first-order chi connectivity index (χ1) is 32.0. The second-order valence-electron chi connectivity index (χ2n) is 18.8. The molecule has 0 spiro atoms. The Morgan fingerprint density at radius 1 is 0.308 bits per heavy atom. The predicted molar refractivity (Wildman–Crippen MR) is 279 cm³/mol. The Morgan fingerprint density at radius 3 is 0.938 bits per heavy atom. The highest BCUT2D eigenvalue weighted by molar-refractivity contribution is 5.71. The van der Waals surface area contributed by atoms with Crippen molar-refractivity contribution in [3.05, 3.63) is 48.6 Å². The molecule has 0 aromatic rings. The van der Waals surface area contributed by atoms with Gasteiger partial charge in [0.15, 0.2) is 6.10 Å². The summed E-state index contributed by atoms with van der Waals surface area (Å²) in [6, 6.07) is 0. The van der Waals surface area contributed by atoms with Gasteiger partial charge in [-0.3, -0.25) is 14.4 Å². The van der Waals surface area contributed by atoms with E-state index in [1.165, 1.54) is 167 Å². The molecular weight excluding hydrogens is 805 g/mol. The summed E-state index contributed by atoms with van der Waals surface area (Å²) >= 11 is 0. The van der Waals surface area contributed by atoms with Gasteiger partial charge >= 0.3 is 17.9 Å². The summed E-state index contributed by atoms with van der Waals surface area (Å²) in [7, 11) is 0. The van der Waals surface area contributed by atoms with E-state index in [4.69, 9.17) is 14.2 Å². The van der Waals surface area contributed by atoms with Crippen LogP contribution in [-0.4, -0.2) is 37.2 Å². The smallest absolute Gasteiger partial charge is 0.306 e. The zero-order valence-electron chi connectivity index (χ0n) is 43.3. The molecule has 0 bridgehead atoms.